The van der Waals surface area contributed by atoms with Gasteiger partial charge >= 0.3 is 0 Å². The molecular weight excluding hydrogens is 410 g/mol. The molecule has 3 heterocycles. The highest BCUT2D eigenvalue weighted by Gasteiger charge is 2.49. The molecule has 0 radical (unpaired) electrons. The van der Waals surface area contributed by atoms with Gasteiger partial charge in [-0.15, -0.1) is 0 Å². The number of aromatic nitrogens is 1. The van der Waals surface area contributed by atoms with Crippen molar-refractivity contribution in [3.63, 3.8) is 0 Å². The van der Waals surface area contributed by atoms with Crippen LogP contribution in [-0.4, -0.2) is 45.2 Å². The van der Waals surface area contributed by atoms with Gasteiger partial charge < -0.3 is 14.8 Å². The maximum atomic E-state index is 14.0. The van der Waals surface area contributed by atoms with Crippen molar-refractivity contribution < 1.29 is 9.59 Å². The lowest BCUT2D eigenvalue weighted by atomic mass is 9.85. The Morgan fingerprint density at radius 3 is 2.30 bits per heavy atom. The number of nitrogens with zero attached hydrogens (tertiary/aromatic N) is 2. The second-order valence-corrected chi connectivity index (χ2v) is 9.86. The summed E-state index contributed by atoms with van der Waals surface area (Å²) in [5.41, 5.74) is 4.36. The van der Waals surface area contributed by atoms with Gasteiger partial charge in [0, 0.05) is 29.1 Å². The van der Waals surface area contributed by atoms with Crippen LogP contribution in [-0.2, 0) is 16.0 Å². The van der Waals surface area contributed by atoms with Crippen molar-refractivity contribution in [2.24, 2.45) is 0 Å². The van der Waals surface area contributed by atoms with Gasteiger partial charge in [-0.1, -0.05) is 80.6 Å². The molecule has 2 aromatic carbocycles. The van der Waals surface area contributed by atoms with Crippen molar-refractivity contribution >= 4 is 22.7 Å². The predicted octanol–water partition coefficient (Wildman–Crippen LogP) is 4.97. The zero-order valence-electron chi connectivity index (χ0n) is 19.0. The average molecular weight is 442 g/mol. The number of rotatable bonds is 2. The van der Waals surface area contributed by atoms with Crippen LogP contribution in [0, 0.1) is 0 Å². The first kappa shape index (κ1) is 20.5. The second kappa shape index (κ2) is 8.36. The van der Waals surface area contributed by atoms with Gasteiger partial charge in [0.15, 0.2) is 0 Å². The third kappa shape index (κ3) is 3.45. The molecule has 2 fully saturated rings. The fraction of sp³-hybridized carbons (Fsp3) is 0.429. The van der Waals surface area contributed by atoms with Gasteiger partial charge in [0.05, 0.1) is 6.04 Å². The largest absolute Gasteiger partial charge is 0.356 e. The number of amides is 2. The van der Waals surface area contributed by atoms with Crippen molar-refractivity contribution in [2.45, 2.75) is 69.5 Å². The molecule has 2 unspecified atom stereocenters. The van der Waals surface area contributed by atoms with E-state index in [4.69, 9.17) is 0 Å². The molecule has 2 atom stereocenters. The summed E-state index contributed by atoms with van der Waals surface area (Å²) in [5.74, 6) is 0.205. The first-order chi connectivity index (χ1) is 16.2. The molecule has 5 heteroatoms. The van der Waals surface area contributed by atoms with Crippen LogP contribution in [0.3, 0.4) is 0 Å². The molecule has 33 heavy (non-hydrogen) atoms. The fourth-order valence-electron chi connectivity index (χ4n) is 6.32. The number of piperazine rings is 1. The van der Waals surface area contributed by atoms with Crippen LogP contribution >= 0.6 is 0 Å². The number of benzene rings is 2. The second-order valence-electron chi connectivity index (χ2n) is 9.86. The van der Waals surface area contributed by atoms with E-state index in [0.29, 0.717) is 6.42 Å². The molecule has 1 N–H and O–H groups in total. The molecule has 2 amide bonds. The van der Waals surface area contributed by atoms with Crippen molar-refractivity contribution in [3.05, 3.63) is 71.4 Å². The monoisotopic (exact) mass is 441 g/mol. The topological polar surface area (TPSA) is 56.4 Å². The van der Waals surface area contributed by atoms with Gasteiger partial charge in [0.25, 0.3) is 0 Å². The summed E-state index contributed by atoms with van der Waals surface area (Å²) in [6, 6.07) is 18.0. The molecule has 1 aliphatic carbocycles. The van der Waals surface area contributed by atoms with Gasteiger partial charge in [-0.05, 0) is 30.0 Å². The van der Waals surface area contributed by atoms with Crippen molar-refractivity contribution in [3.8, 4) is 0 Å². The number of aromatic amines is 1. The molecule has 1 saturated heterocycles. The number of para-hydroxylation sites is 1. The van der Waals surface area contributed by atoms with Crippen LogP contribution in [0.15, 0.2) is 54.6 Å². The molecule has 170 valence electrons. The Hall–Kier alpha value is -3.08. The third-order valence-electron chi connectivity index (χ3n) is 7.92. The van der Waals surface area contributed by atoms with E-state index in [-0.39, 0.29) is 30.4 Å². The Labute approximate surface area is 194 Å². The van der Waals surface area contributed by atoms with Gasteiger partial charge in [-0.25, -0.2) is 0 Å². The van der Waals surface area contributed by atoms with E-state index in [0.717, 1.165) is 47.8 Å². The van der Waals surface area contributed by atoms with Crippen LogP contribution in [0.25, 0.3) is 10.9 Å². The van der Waals surface area contributed by atoms with Crippen LogP contribution in [0.1, 0.15) is 67.8 Å². The highest BCUT2D eigenvalue weighted by atomic mass is 16.2. The molecular formula is C28H31N3O2. The highest BCUT2D eigenvalue weighted by Crippen LogP contribution is 2.43. The lowest BCUT2D eigenvalue weighted by Gasteiger charge is -2.49. The Kier molecular flexibility index (Phi) is 5.20. The highest BCUT2D eigenvalue weighted by molar-refractivity contribution is 5.97. The van der Waals surface area contributed by atoms with Crippen molar-refractivity contribution in [1.82, 2.24) is 14.8 Å². The van der Waals surface area contributed by atoms with E-state index in [9.17, 15) is 9.59 Å². The summed E-state index contributed by atoms with van der Waals surface area (Å²) < 4.78 is 0. The van der Waals surface area contributed by atoms with E-state index >= 15 is 0 Å². The summed E-state index contributed by atoms with van der Waals surface area (Å²) in [6.45, 7) is 0.207. The van der Waals surface area contributed by atoms with Gasteiger partial charge in [-0.3, -0.25) is 9.59 Å². The fourth-order valence-corrected chi connectivity index (χ4v) is 6.32. The first-order valence-electron chi connectivity index (χ1n) is 12.5. The number of hydrogen-bond donors (Lipinski definition) is 1. The van der Waals surface area contributed by atoms with Crippen LogP contribution in [0.4, 0.5) is 0 Å². The minimum absolute atomic E-state index is 0.0693. The lowest BCUT2D eigenvalue weighted by Crippen LogP contribution is -2.64. The van der Waals surface area contributed by atoms with E-state index < -0.39 is 6.04 Å². The standard InChI is InChI=1S/C28H31N3O2/c32-25-18-30(20-13-7-2-1-3-8-14-20)28(33)24-17-22-21-15-9-10-16-23(21)29-26(22)27(31(24)25)19-11-5-4-6-12-19/h4-6,9-12,15-16,20,24,27,29H,1-3,7-8,13-14,17-18H2. The minimum atomic E-state index is -0.436. The molecule has 0 bridgehead atoms. The van der Waals surface area contributed by atoms with Gasteiger partial charge in [0.2, 0.25) is 11.8 Å². The van der Waals surface area contributed by atoms with E-state index in [1.165, 1.54) is 24.8 Å². The molecule has 2 aliphatic heterocycles. The Morgan fingerprint density at radius 2 is 1.52 bits per heavy atom. The maximum absolute atomic E-state index is 14.0. The van der Waals surface area contributed by atoms with Crippen LogP contribution < -0.4 is 0 Å². The Morgan fingerprint density at radius 1 is 0.818 bits per heavy atom. The summed E-state index contributed by atoms with van der Waals surface area (Å²) in [4.78, 5) is 35.1. The SMILES string of the molecule is O=C1C2Cc3c([nH]c4ccccc34)C(c3ccccc3)N2C(=O)CN1C1CCCCCCC1. The molecule has 3 aliphatic rings. The average Bonchev–Trinajstić information content (AvgIpc) is 3.19. The van der Waals surface area contributed by atoms with Crippen molar-refractivity contribution in [2.75, 3.05) is 6.54 Å². The summed E-state index contributed by atoms with van der Waals surface area (Å²) in [5, 5.41) is 1.16. The normalized spacial score (nSPS) is 24.4. The number of carbonyl (C=O) groups excluding carboxylic acids is 2. The first-order valence-corrected chi connectivity index (χ1v) is 12.5. The summed E-state index contributed by atoms with van der Waals surface area (Å²) in [6.07, 6.45) is 8.67. The third-order valence-corrected chi connectivity index (χ3v) is 7.92. The number of hydrogen-bond acceptors (Lipinski definition) is 2. The lowest BCUT2D eigenvalue weighted by molar-refractivity contribution is -0.161. The van der Waals surface area contributed by atoms with Crippen molar-refractivity contribution in [1.29, 1.82) is 0 Å². The summed E-state index contributed by atoms with van der Waals surface area (Å²) in [7, 11) is 0. The quantitative estimate of drug-likeness (QED) is 0.611. The number of nitrogens with one attached hydrogen (secondary N) is 1. The van der Waals surface area contributed by atoms with Crippen LogP contribution in [0.2, 0.25) is 0 Å². The predicted molar refractivity (Wildman–Crippen MR) is 129 cm³/mol. The van der Waals surface area contributed by atoms with Gasteiger partial charge in [0.1, 0.15) is 12.6 Å². The molecule has 1 saturated carbocycles. The number of fused-ring (bicyclic) bond motifs is 4. The van der Waals surface area contributed by atoms with Gasteiger partial charge in [-0.2, -0.15) is 0 Å². The zero-order valence-corrected chi connectivity index (χ0v) is 19.0. The number of carbonyl (C=O) groups is 2. The summed E-state index contributed by atoms with van der Waals surface area (Å²) >= 11 is 0. The zero-order chi connectivity index (χ0) is 22.4. The van der Waals surface area contributed by atoms with E-state index in [1.807, 2.05) is 34.1 Å². The molecule has 6 rings (SSSR count). The van der Waals surface area contributed by atoms with Crippen LogP contribution in [0.5, 0.6) is 0 Å². The molecule has 1 aromatic heterocycles. The maximum Gasteiger partial charge on any atom is 0.246 e. The smallest absolute Gasteiger partial charge is 0.246 e. The molecule has 0 spiro atoms. The molecule has 3 aromatic rings. The van der Waals surface area contributed by atoms with E-state index in [2.05, 4.69) is 35.3 Å². The van der Waals surface area contributed by atoms with E-state index in [1.54, 1.807) is 0 Å². The molecule has 5 nitrogen and oxygen atoms in total. The Bertz CT molecular complexity index is 1180. The number of H-pyrrole nitrogens is 1. The Balaban J connectivity index is 1.43. The minimum Gasteiger partial charge on any atom is -0.356 e.